The molecule has 9 heteroatoms. The lowest BCUT2D eigenvalue weighted by Gasteiger charge is -2.13. The highest BCUT2D eigenvalue weighted by molar-refractivity contribution is 6.12. The van der Waals surface area contributed by atoms with Crippen molar-refractivity contribution in [3.63, 3.8) is 0 Å². The number of nitrogens with zero attached hydrogens (tertiary/aromatic N) is 3. The third-order valence-corrected chi connectivity index (χ3v) is 6.95. The first-order valence-electron chi connectivity index (χ1n) is 13.0. The summed E-state index contributed by atoms with van der Waals surface area (Å²) in [4.78, 5) is 42.9. The zero-order valence-electron chi connectivity index (χ0n) is 23.4. The Balaban J connectivity index is 1.56. The van der Waals surface area contributed by atoms with Crippen molar-refractivity contribution in [3.8, 4) is 22.4 Å². The number of hydrogen-bond acceptors (Lipinski definition) is 5. The number of pyridine rings is 1. The minimum atomic E-state index is -0.358. The first-order valence-corrected chi connectivity index (χ1v) is 13.0. The van der Waals surface area contributed by atoms with E-state index in [-0.39, 0.29) is 17.4 Å². The molecule has 0 aliphatic carbocycles. The maximum absolute atomic E-state index is 13.6. The average Bonchev–Trinajstić information content (AvgIpc) is 3.42. The smallest absolute Gasteiger partial charge is 0.290 e. The summed E-state index contributed by atoms with van der Waals surface area (Å²) < 4.78 is 8.74. The Kier molecular flexibility index (Phi) is 6.89. The SMILES string of the molecule is CCn1c(-c2ccc(-c3c(C)on(C)c3=O)cc2)cc2cc(C)nc(C(=O)Nc3cc(C)cc(C(=O)NC)c3)c21. The van der Waals surface area contributed by atoms with E-state index in [1.807, 2.05) is 57.2 Å². The van der Waals surface area contributed by atoms with Crippen LogP contribution >= 0.6 is 0 Å². The summed E-state index contributed by atoms with van der Waals surface area (Å²) >= 11 is 0. The molecule has 2 amide bonds. The zero-order chi connectivity index (χ0) is 28.7. The highest BCUT2D eigenvalue weighted by Gasteiger charge is 2.21. The molecule has 5 rings (SSSR count). The molecule has 0 spiro atoms. The first kappa shape index (κ1) is 26.7. The summed E-state index contributed by atoms with van der Waals surface area (Å²) in [6.45, 7) is 8.14. The van der Waals surface area contributed by atoms with Gasteiger partial charge in [0.05, 0.1) is 11.1 Å². The lowest BCUT2D eigenvalue weighted by molar-refractivity contribution is 0.0961. The van der Waals surface area contributed by atoms with Gasteiger partial charge in [-0.3, -0.25) is 14.4 Å². The van der Waals surface area contributed by atoms with Crippen molar-refractivity contribution in [2.45, 2.75) is 34.2 Å². The molecule has 204 valence electrons. The molecule has 0 unspecified atom stereocenters. The number of aromatic nitrogens is 3. The van der Waals surface area contributed by atoms with Gasteiger partial charge in [0.1, 0.15) is 5.76 Å². The van der Waals surface area contributed by atoms with Crippen LogP contribution in [0.2, 0.25) is 0 Å². The molecule has 2 aromatic carbocycles. The predicted molar refractivity (Wildman–Crippen MR) is 156 cm³/mol. The maximum atomic E-state index is 13.6. The topological polar surface area (TPSA) is 111 Å². The molecule has 0 fully saturated rings. The van der Waals surface area contributed by atoms with Gasteiger partial charge in [-0.25, -0.2) is 4.98 Å². The van der Waals surface area contributed by atoms with Crippen LogP contribution in [0.4, 0.5) is 5.69 Å². The molecule has 5 aromatic rings. The molecule has 40 heavy (non-hydrogen) atoms. The highest BCUT2D eigenvalue weighted by Crippen LogP contribution is 2.32. The van der Waals surface area contributed by atoms with E-state index < -0.39 is 0 Å². The summed E-state index contributed by atoms with van der Waals surface area (Å²) in [5.41, 5.74) is 6.60. The number of amides is 2. The largest absolute Gasteiger partial charge is 0.381 e. The molecule has 0 aliphatic heterocycles. The lowest BCUT2D eigenvalue weighted by atomic mass is 10.0. The van der Waals surface area contributed by atoms with Crippen LogP contribution in [0.1, 0.15) is 44.8 Å². The van der Waals surface area contributed by atoms with Gasteiger partial charge in [0.25, 0.3) is 17.4 Å². The van der Waals surface area contributed by atoms with Crippen LogP contribution in [-0.4, -0.2) is 33.2 Å². The Labute approximate surface area is 231 Å². The van der Waals surface area contributed by atoms with Crippen LogP contribution in [0.25, 0.3) is 33.3 Å². The number of anilines is 1. The van der Waals surface area contributed by atoms with E-state index in [4.69, 9.17) is 4.52 Å². The van der Waals surface area contributed by atoms with Crippen LogP contribution < -0.4 is 16.2 Å². The second-order valence-corrected chi connectivity index (χ2v) is 9.85. The normalized spacial score (nSPS) is 11.2. The van der Waals surface area contributed by atoms with Crippen molar-refractivity contribution in [3.05, 3.63) is 93.2 Å². The number of fused-ring (bicyclic) bond motifs is 1. The number of hydrogen-bond donors (Lipinski definition) is 2. The summed E-state index contributed by atoms with van der Waals surface area (Å²) in [6.07, 6.45) is 0. The van der Waals surface area contributed by atoms with Gasteiger partial charge in [0.15, 0.2) is 5.69 Å². The van der Waals surface area contributed by atoms with Crippen molar-refractivity contribution in [2.24, 2.45) is 7.05 Å². The molecule has 3 heterocycles. The van der Waals surface area contributed by atoms with Crippen molar-refractivity contribution in [1.82, 2.24) is 19.6 Å². The summed E-state index contributed by atoms with van der Waals surface area (Å²) in [5.74, 6) is -0.0200. The van der Waals surface area contributed by atoms with E-state index in [0.717, 1.165) is 39.0 Å². The minimum Gasteiger partial charge on any atom is -0.381 e. The number of benzene rings is 2. The fraction of sp³-hybridized carbons (Fsp3) is 0.226. The molecule has 3 aromatic heterocycles. The fourth-order valence-electron chi connectivity index (χ4n) is 5.21. The number of nitrogens with one attached hydrogen (secondary N) is 2. The molecule has 0 saturated carbocycles. The first-order chi connectivity index (χ1) is 19.1. The van der Waals surface area contributed by atoms with Crippen LogP contribution in [0.15, 0.2) is 63.9 Å². The molecule has 0 bridgehead atoms. The Bertz CT molecular complexity index is 1840. The fourth-order valence-corrected chi connectivity index (χ4v) is 5.21. The van der Waals surface area contributed by atoms with Gasteiger partial charge < -0.3 is 19.7 Å². The standard InChI is InChI=1S/C31H31N5O4/c1-7-36-25(20-8-10-21(11-9-20)26-19(4)40-35(6)31(26)39)16-22-14-18(3)33-27(28(22)36)30(38)34-24-13-17(2)12-23(15-24)29(37)32-5/h8-16H,7H2,1-6H3,(H,32,37)(H,34,38). The van der Waals surface area contributed by atoms with Gasteiger partial charge in [-0.05, 0) is 74.7 Å². The third-order valence-electron chi connectivity index (χ3n) is 6.95. The molecular weight excluding hydrogens is 506 g/mol. The Morgan fingerprint density at radius 1 is 0.950 bits per heavy atom. The van der Waals surface area contributed by atoms with Crippen LogP contribution in [-0.2, 0) is 13.6 Å². The van der Waals surface area contributed by atoms with Gasteiger partial charge in [0, 0.05) is 48.7 Å². The van der Waals surface area contributed by atoms with E-state index in [2.05, 4.69) is 26.3 Å². The summed E-state index contributed by atoms with van der Waals surface area (Å²) in [7, 11) is 3.16. The number of aryl methyl sites for hydroxylation is 5. The third kappa shape index (κ3) is 4.70. The average molecular weight is 538 g/mol. The second-order valence-electron chi connectivity index (χ2n) is 9.85. The van der Waals surface area contributed by atoms with Gasteiger partial charge >= 0.3 is 0 Å². The Morgan fingerprint density at radius 2 is 1.65 bits per heavy atom. The summed E-state index contributed by atoms with van der Waals surface area (Å²) in [6, 6.07) is 17.0. The van der Waals surface area contributed by atoms with Crippen molar-refractivity contribution < 1.29 is 14.1 Å². The molecule has 0 radical (unpaired) electrons. The monoisotopic (exact) mass is 537 g/mol. The Hall–Kier alpha value is -4.92. The molecule has 0 atom stereocenters. The van der Waals surface area contributed by atoms with E-state index in [1.54, 1.807) is 33.2 Å². The van der Waals surface area contributed by atoms with E-state index in [9.17, 15) is 14.4 Å². The number of carbonyl (C=O) groups excluding carboxylic acids is 2. The highest BCUT2D eigenvalue weighted by atomic mass is 16.5. The second kappa shape index (κ2) is 10.3. The van der Waals surface area contributed by atoms with Crippen molar-refractivity contribution >= 4 is 28.4 Å². The van der Waals surface area contributed by atoms with E-state index >= 15 is 0 Å². The number of carbonyl (C=O) groups is 2. The van der Waals surface area contributed by atoms with Gasteiger partial charge in [-0.1, -0.05) is 24.3 Å². The molecule has 9 nitrogen and oxygen atoms in total. The lowest BCUT2D eigenvalue weighted by Crippen LogP contribution is -2.19. The summed E-state index contributed by atoms with van der Waals surface area (Å²) in [5, 5.41) is 6.45. The van der Waals surface area contributed by atoms with Gasteiger partial charge in [0.2, 0.25) is 0 Å². The van der Waals surface area contributed by atoms with Gasteiger partial charge in [-0.15, -0.1) is 0 Å². The molecule has 0 aliphatic rings. The predicted octanol–water partition coefficient (Wildman–Crippen LogP) is 5.22. The molecule has 0 saturated heterocycles. The molecule has 2 N–H and O–H groups in total. The van der Waals surface area contributed by atoms with E-state index in [0.29, 0.717) is 34.8 Å². The van der Waals surface area contributed by atoms with Crippen molar-refractivity contribution in [1.29, 1.82) is 0 Å². The maximum Gasteiger partial charge on any atom is 0.290 e. The number of rotatable bonds is 6. The van der Waals surface area contributed by atoms with E-state index in [1.165, 1.54) is 4.74 Å². The Morgan fingerprint density at radius 3 is 2.27 bits per heavy atom. The minimum absolute atomic E-state index is 0.179. The quantitative estimate of drug-likeness (QED) is 0.309. The van der Waals surface area contributed by atoms with Gasteiger partial charge in [-0.2, -0.15) is 4.74 Å². The van der Waals surface area contributed by atoms with Crippen LogP contribution in [0, 0.1) is 20.8 Å². The van der Waals surface area contributed by atoms with Crippen LogP contribution in [0.5, 0.6) is 0 Å². The van der Waals surface area contributed by atoms with Crippen molar-refractivity contribution in [2.75, 3.05) is 12.4 Å². The molecular formula is C31H31N5O4. The van der Waals surface area contributed by atoms with Crippen LogP contribution in [0.3, 0.4) is 0 Å². The zero-order valence-corrected chi connectivity index (χ0v) is 23.4.